The zero-order valence-corrected chi connectivity index (χ0v) is 16.0. The van der Waals surface area contributed by atoms with E-state index in [0.717, 1.165) is 42.9 Å². The van der Waals surface area contributed by atoms with Crippen LogP contribution in [0.25, 0.3) is 0 Å². The maximum atomic E-state index is 10.5. The van der Waals surface area contributed by atoms with Crippen LogP contribution in [-0.2, 0) is 0 Å². The number of hydrogen-bond donors (Lipinski definition) is 1. The second-order valence-electron chi connectivity index (χ2n) is 7.46. The summed E-state index contributed by atoms with van der Waals surface area (Å²) in [7, 11) is 0. The number of phenolic OH excluding ortho intramolecular Hbond substituents is 1. The third kappa shape index (κ3) is 5.64. The first-order chi connectivity index (χ1) is 12.7. The predicted molar refractivity (Wildman–Crippen MR) is 109 cm³/mol. The maximum Gasteiger partial charge on any atom is 0.133 e. The quantitative estimate of drug-likeness (QED) is 0.729. The normalized spacial score (nSPS) is 19.4. The second-order valence-corrected chi connectivity index (χ2v) is 7.46. The summed E-state index contributed by atoms with van der Waals surface area (Å²) in [6, 6.07) is 3.96. The molecular weight excluding hydrogens is 324 g/mol. The molecule has 2 aliphatic heterocycles. The molecule has 0 atom stereocenters. The van der Waals surface area contributed by atoms with E-state index in [1.165, 1.54) is 51.9 Å². The van der Waals surface area contributed by atoms with E-state index in [1.807, 2.05) is 19.1 Å². The molecule has 1 aromatic rings. The number of phenols is 1. The van der Waals surface area contributed by atoms with E-state index in [0.29, 0.717) is 0 Å². The molecule has 3 rings (SSSR count). The van der Waals surface area contributed by atoms with Gasteiger partial charge in [0, 0.05) is 36.6 Å². The van der Waals surface area contributed by atoms with Crippen molar-refractivity contribution >= 4 is 12.4 Å². The second kappa shape index (κ2) is 9.83. The van der Waals surface area contributed by atoms with Gasteiger partial charge in [0.25, 0.3) is 0 Å². The van der Waals surface area contributed by atoms with Crippen molar-refractivity contribution in [3.05, 3.63) is 28.8 Å². The minimum Gasteiger partial charge on any atom is -0.507 e. The fraction of sp³-hybridized carbons (Fsp3) is 0.619. The average molecular weight is 357 g/mol. The molecular formula is C21H32N4O. The van der Waals surface area contributed by atoms with E-state index < -0.39 is 0 Å². The Morgan fingerprint density at radius 1 is 0.846 bits per heavy atom. The van der Waals surface area contributed by atoms with Crippen molar-refractivity contribution in [1.82, 2.24) is 9.80 Å². The lowest BCUT2D eigenvalue weighted by Crippen LogP contribution is -2.22. The van der Waals surface area contributed by atoms with Gasteiger partial charge in [0.15, 0.2) is 0 Å². The van der Waals surface area contributed by atoms with Gasteiger partial charge in [-0.05, 0) is 76.5 Å². The lowest BCUT2D eigenvalue weighted by atomic mass is 10.1. The van der Waals surface area contributed by atoms with E-state index in [4.69, 9.17) is 0 Å². The SMILES string of the molecule is Cc1cc(C=NCCN2CCCC2)c(O)c(C=NCCN2CCCC2)c1. The molecule has 0 spiro atoms. The van der Waals surface area contributed by atoms with Crippen LogP contribution in [0.5, 0.6) is 5.75 Å². The summed E-state index contributed by atoms with van der Waals surface area (Å²) >= 11 is 0. The van der Waals surface area contributed by atoms with Crippen LogP contribution in [0.3, 0.4) is 0 Å². The third-order valence-electron chi connectivity index (χ3n) is 5.26. The van der Waals surface area contributed by atoms with Crippen LogP contribution in [0.4, 0.5) is 0 Å². The minimum absolute atomic E-state index is 0.283. The molecule has 26 heavy (non-hydrogen) atoms. The minimum atomic E-state index is 0.283. The Hall–Kier alpha value is -1.72. The number of aliphatic imine (C=N–C) groups is 2. The van der Waals surface area contributed by atoms with Crippen molar-refractivity contribution in [2.75, 3.05) is 52.4 Å². The van der Waals surface area contributed by atoms with Crippen LogP contribution in [0, 0.1) is 6.92 Å². The number of nitrogens with zero attached hydrogens (tertiary/aromatic N) is 4. The molecule has 2 fully saturated rings. The van der Waals surface area contributed by atoms with Crippen LogP contribution in [0.2, 0.25) is 0 Å². The fourth-order valence-electron chi connectivity index (χ4n) is 3.77. The monoisotopic (exact) mass is 356 g/mol. The molecule has 1 N–H and O–H groups in total. The summed E-state index contributed by atoms with van der Waals surface area (Å²) in [5.74, 6) is 0.283. The highest BCUT2D eigenvalue weighted by Crippen LogP contribution is 2.22. The van der Waals surface area contributed by atoms with E-state index in [-0.39, 0.29) is 5.75 Å². The van der Waals surface area contributed by atoms with Crippen molar-refractivity contribution in [3.63, 3.8) is 0 Å². The van der Waals surface area contributed by atoms with Crippen molar-refractivity contribution in [3.8, 4) is 5.75 Å². The molecule has 142 valence electrons. The molecule has 2 aliphatic rings. The number of hydrogen-bond acceptors (Lipinski definition) is 5. The summed E-state index contributed by atoms with van der Waals surface area (Å²) in [5, 5.41) is 10.5. The van der Waals surface area contributed by atoms with Crippen LogP contribution in [0.1, 0.15) is 42.4 Å². The number of rotatable bonds is 8. The molecule has 0 bridgehead atoms. The Morgan fingerprint density at radius 2 is 1.27 bits per heavy atom. The fourth-order valence-corrected chi connectivity index (χ4v) is 3.77. The van der Waals surface area contributed by atoms with Gasteiger partial charge in [0.1, 0.15) is 5.75 Å². The van der Waals surface area contributed by atoms with Crippen molar-refractivity contribution < 1.29 is 5.11 Å². The molecule has 5 heteroatoms. The number of benzene rings is 1. The Bertz CT molecular complexity index is 578. The molecule has 1 aromatic carbocycles. The topological polar surface area (TPSA) is 51.4 Å². The maximum absolute atomic E-state index is 10.5. The van der Waals surface area contributed by atoms with Gasteiger partial charge in [-0.25, -0.2) is 0 Å². The molecule has 2 heterocycles. The number of aromatic hydroxyl groups is 1. The van der Waals surface area contributed by atoms with Crippen LogP contribution < -0.4 is 0 Å². The summed E-state index contributed by atoms with van der Waals surface area (Å²) in [4.78, 5) is 13.9. The molecule has 0 radical (unpaired) electrons. The van der Waals surface area contributed by atoms with Crippen molar-refractivity contribution in [2.24, 2.45) is 9.98 Å². The van der Waals surface area contributed by atoms with Crippen molar-refractivity contribution in [1.29, 1.82) is 0 Å². The lowest BCUT2D eigenvalue weighted by Gasteiger charge is -2.12. The summed E-state index contributed by atoms with van der Waals surface area (Å²) in [6.45, 7) is 10.4. The smallest absolute Gasteiger partial charge is 0.133 e. The molecule has 0 amide bonds. The number of likely N-dealkylation sites (tertiary alicyclic amines) is 2. The zero-order valence-electron chi connectivity index (χ0n) is 16.0. The van der Waals surface area contributed by atoms with Gasteiger partial charge in [-0.15, -0.1) is 0 Å². The Balaban J connectivity index is 1.54. The Kier molecular flexibility index (Phi) is 7.21. The molecule has 5 nitrogen and oxygen atoms in total. The molecule has 2 saturated heterocycles. The molecule has 0 aliphatic carbocycles. The third-order valence-corrected chi connectivity index (χ3v) is 5.26. The van der Waals surface area contributed by atoms with Gasteiger partial charge >= 0.3 is 0 Å². The summed E-state index contributed by atoms with van der Waals surface area (Å²) in [5.41, 5.74) is 2.68. The first kappa shape index (κ1) is 19.1. The van der Waals surface area contributed by atoms with E-state index >= 15 is 0 Å². The van der Waals surface area contributed by atoms with E-state index in [9.17, 15) is 5.11 Å². The van der Waals surface area contributed by atoms with Crippen LogP contribution in [-0.4, -0.2) is 79.7 Å². The first-order valence-corrected chi connectivity index (χ1v) is 10.0. The van der Waals surface area contributed by atoms with Crippen molar-refractivity contribution in [2.45, 2.75) is 32.6 Å². The molecule has 0 aromatic heterocycles. The van der Waals surface area contributed by atoms with Crippen LogP contribution in [0.15, 0.2) is 22.1 Å². The highest BCUT2D eigenvalue weighted by atomic mass is 16.3. The average Bonchev–Trinajstić information content (AvgIpc) is 3.32. The summed E-state index contributed by atoms with van der Waals surface area (Å²) < 4.78 is 0. The summed E-state index contributed by atoms with van der Waals surface area (Å²) in [6.07, 6.45) is 8.84. The number of aryl methyl sites for hydroxylation is 1. The Labute approximate surface area is 157 Å². The van der Waals surface area contributed by atoms with Gasteiger partial charge in [-0.3, -0.25) is 9.98 Å². The first-order valence-electron chi connectivity index (χ1n) is 10.0. The highest BCUT2D eigenvalue weighted by Gasteiger charge is 2.11. The van der Waals surface area contributed by atoms with Gasteiger partial charge in [0.05, 0.1) is 13.1 Å². The van der Waals surface area contributed by atoms with E-state index in [2.05, 4.69) is 19.8 Å². The van der Waals surface area contributed by atoms with Gasteiger partial charge in [0.2, 0.25) is 0 Å². The lowest BCUT2D eigenvalue weighted by molar-refractivity contribution is 0.349. The van der Waals surface area contributed by atoms with Gasteiger partial charge in [-0.2, -0.15) is 0 Å². The zero-order chi connectivity index (χ0) is 18.2. The molecule has 0 saturated carbocycles. The largest absolute Gasteiger partial charge is 0.507 e. The molecule has 0 unspecified atom stereocenters. The van der Waals surface area contributed by atoms with Gasteiger partial charge in [-0.1, -0.05) is 0 Å². The van der Waals surface area contributed by atoms with Gasteiger partial charge < -0.3 is 14.9 Å². The predicted octanol–water partition coefficient (Wildman–Crippen LogP) is 2.73. The Morgan fingerprint density at radius 3 is 1.69 bits per heavy atom. The van der Waals surface area contributed by atoms with E-state index in [1.54, 1.807) is 12.4 Å². The van der Waals surface area contributed by atoms with Crippen LogP contribution >= 0.6 is 0 Å². The highest BCUT2D eigenvalue weighted by molar-refractivity contribution is 5.92. The standard InChI is InChI=1S/C21H32N4O/c1-18-14-19(16-22-6-12-24-8-2-3-9-24)21(26)20(15-18)17-23-7-13-25-10-4-5-11-25/h14-17,26H,2-13H2,1H3.